The van der Waals surface area contributed by atoms with Crippen LogP contribution in [-0.4, -0.2) is 16.5 Å². The molecule has 1 aromatic heterocycles. The van der Waals surface area contributed by atoms with Crippen molar-refractivity contribution in [3.05, 3.63) is 75.8 Å². The molecule has 0 saturated heterocycles. The molecule has 0 amide bonds. The lowest BCUT2D eigenvalue weighted by Crippen LogP contribution is -2.21. The molecule has 0 aliphatic heterocycles. The molecule has 0 aliphatic carbocycles. The summed E-state index contributed by atoms with van der Waals surface area (Å²) < 4.78 is 51.8. The molecule has 1 heterocycles. The Hall–Kier alpha value is -2.42. The van der Waals surface area contributed by atoms with Crippen LogP contribution in [0.2, 0.25) is 10.0 Å². The zero-order chi connectivity index (χ0) is 21.2. The van der Waals surface area contributed by atoms with Crippen molar-refractivity contribution >= 4 is 29.0 Å². The molecule has 0 bridgehead atoms. The van der Waals surface area contributed by atoms with Crippen molar-refractivity contribution in [1.29, 1.82) is 0 Å². The lowest BCUT2D eigenvalue weighted by molar-refractivity contribution is -0.137. The Morgan fingerprint density at radius 1 is 1.00 bits per heavy atom. The average Bonchev–Trinajstić information content (AvgIpc) is 2.67. The number of nitrogens with two attached hydrogens (primary N) is 1. The summed E-state index contributed by atoms with van der Waals surface area (Å²) in [5, 5.41) is 2.57. The Labute approximate surface area is 173 Å². The summed E-state index contributed by atoms with van der Waals surface area (Å²) in [6.45, 7) is 0.256. The van der Waals surface area contributed by atoms with E-state index < -0.39 is 28.6 Å². The average molecular weight is 445 g/mol. The number of rotatable bonds is 5. The van der Waals surface area contributed by atoms with Gasteiger partial charge < -0.3 is 11.1 Å². The minimum absolute atomic E-state index is 0.0264. The number of hydrogen-bond donors (Lipinski definition) is 2. The van der Waals surface area contributed by atoms with Gasteiger partial charge in [0.05, 0.1) is 21.3 Å². The van der Waals surface area contributed by atoms with Crippen LogP contribution >= 0.6 is 23.2 Å². The van der Waals surface area contributed by atoms with Crippen molar-refractivity contribution < 1.29 is 17.6 Å². The molecule has 0 radical (unpaired) electrons. The van der Waals surface area contributed by atoms with Crippen LogP contribution in [0, 0.1) is 5.82 Å². The molecular weight excluding hydrogens is 431 g/mol. The van der Waals surface area contributed by atoms with Gasteiger partial charge in [-0.1, -0.05) is 35.3 Å². The van der Waals surface area contributed by atoms with E-state index in [-0.39, 0.29) is 11.6 Å². The second kappa shape index (κ2) is 8.52. The molecule has 0 fully saturated rings. The number of anilines is 1. The molecule has 1 atom stereocenters. The van der Waals surface area contributed by atoms with E-state index in [1.807, 2.05) is 0 Å². The summed E-state index contributed by atoms with van der Waals surface area (Å²) in [5.74, 6) is -0.124. The van der Waals surface area contributed by atoms with Crippen LogP contribution in [0.3, 0.4) is 0 Å². The van der Waals surface area contributed by atoms with E-state index >= 15 is 0 Å². The predicted molar refractivity (Wildman–Crippen MR) is 104 cm³/mol. The Kier molecular flexibility index (Phi) is 6.26. The molecule has 2 aromatic carbocycles. The molecule has 4 nitrogen and oxygen atoms in total. The highest BCUT2D eigenvalue weighted by molar-refractivity contribution is 6.31. The first-order chi connectivity index (χ1) is 13.6. The molecule has 3 N–H and O–H groups in total. The van der Waals surface area contributed by atoms with Gasteiger partial charge in [0, 0.05) is 24.2 Å². The molecule has 0 aliphatic rings. The third-order valence-corrected chi connectivity index (χ3v) is 4.71. The van der Waals surface area contributed by atoms with Crippen molar-refractivity contribution in [2.45, 2.75) is 12.2 Å². The summed E-state index contributed by atoms with van der Waals surface area (Å²) in [6, 6.07) is 8.66. The number of hydrogen-bond acceptors (Lipinski definition) is 4. The minimum Gasteiger partial charge on any atom is -0.368 e. The maximum Gasteiger partial charge on any atom is 0.417 e. The van der Waals surface area contributed by atoms with Crippen molar-refractivity contribution in [2.24, 2.45) is 5.73 Å². The molecule has 1 unspecified atom stereocenters. The smallest absolute Gasteiger partial charge is 0.368 e. The highest BCUT2D eigenvalue weighted by Gasteiger charge is 2.33. The first-order valence-corrected chi connectivity index (χ1v) is 9.04. The number of nitrogens with zero attached hydrogens (tertiary/aromatic N) is 2. The van der Waals surface area contributed by atoms with Gasteiger partial charge in [-0.15, -0.1) is 0 Å². The summed E-state index contributed by atoms with van der Waals surface area (Å²) in [4.78, 5) is 8.13. The molecular formula is C19H14Cl2F4N4. The van der Waals surface area contributed by atoms with Crippen LogP contribution in [0.4, 0.5) is 23.4 Å². The van der Waals surface area contributed by atoms with E-state index in [2.05, 4.69) is 15.3 Å². The van der Waals surface area contributed by atoms with Gasteiger partial charge in [0.15, 0.2) is 0 Å². The highest BCUT2D eigenvalue weighted by Crippen LogP contribution is 2.36. The maximum absolute atomic E-state index is 13.3. The minimum atomic E-state index is -4.53. The number of benzene rings is 2. The molecule has 29 heavy (non-hydrogen) atoms. The first-order valence-electron chi connectivity index (χ1n) is 8.28. The largest absolute Gasteiger partial charge is 0.417 e. The number of nitrogens with one attached hydrogen (secondary N) is 1. The maximum atomic E-state index is 13.3. The van der Waals surface area contributed by atoms with Crippen molar-refractivity contribution in [3.63, 3.8) is 0 Å². The van der Waals surface area contributed by atoms with Crippen LogP contribution in [0.15, 0.2) is 48.8 Å². The van der Waals surface area contributed by atoms with Crippen LogP contribution < -0.4 is 11.1 Å². The summed E-state index contributed by atoms with van der Waals surface area (Å²) in [7, 11) is 0. The lowest BCUT2D eigenvalue weighted by atomic mass is 10.1. The van der Waals surface area contributed by atoms with Gasteiger partial charge in [0.25, 0.3) is 0 Å². The summed E-state index contributed by atoms with van der Waals surface area (Å²) in [6.07, 6.45) is -3.27. The molecule has 3 rings (SSSR count). The highest BCUT2D eigenvalue weighted by atomic mass is 35.5. The van der Waals surface area contributed by atoms with Gasteiger partial charge in [0.2, 0.25) is 0 Å². The predicted octanol–water partition coefficient (Wildman–Crippen LogP) is 5.72. The fraction of sp³-hybridized carbons (Fsp3) is 0.158. The Bertz CT molecular complexity index is 1030. The number of halogens is 6. The SMILES string of the molecule is NC(CNc1cc(-c2ccc(C(F)(F)F)c(Cl)c2)ncn1)c1ccc(F)c(Cl)c1. The van der Waals surface area contributed by atoms with Crippen LogP contribution in [-0.2, 0) is 6.18 Å². The van der Waals surface area contributed by atoms with Crippen LogP contribution in [0.25, 0.3) is 11.3 Å². The van der Waals surface area contributed by atoms with Gasteiger partial charge in [-0.3, -0.25) is 0 Å². The van der Waals surface area contributed by atoms with Gasteiger partial charge >= 0.3 is 6.18 Å². The van der Waals surface area contributed by atoms with E-state index in [0.29, 0.717) is 22.6 Å². The topological polar surface area (TPSA) is 63.8 Å². The monoisotopic (exact) mass is 444 g/mol. The van der Waals surface area contributed by atoms with E-state index in [9.17, 15) is 17.6 Å². The second-order valence-corrected chi connectivity index (χ2v) is 6.96. The Balaban J connectivity index is 1.74. The van der Waals surface area contributed by atoms with Gasteiger partial charge in [-0.25, -0.2) is 14.4 Å². The van der Waals surface area contributed by atoms with Gasteiger partial charge in [-0.2, -0.15) is 13.2 Å². The second-order valence-electron chi connectivity index (χ2n) is 6.14. The van der Waals surface area contributed by atoms with E-state index in [0.717, 1.165) is 6.07 Å². The summed E-state index contributed by atoms with van der Waals surface area (Å²) in [5.41, 5.74) is 6.58. The Morgan fingerprint density at radius 3 is 2.41 bits per heavy atom. The quantitative estimate of drug-likeness (QED) is 0.493. The van der Waals surface area contributed by atoms with Crippen molar-refractivity contribution in [1.82, 2.24) is 9.97 Å². The van der Waals surface area contributed by atoms with Gasteiger partial charge in [-0.05, 0) is 29.8 Å². The zero-order valence-corrected chi connectivity index (χ0v) is 16.2. The van der Waals surface area contributed by atoms with Crippen LogP contribution in [0.5, 0.6) is 0 Å². The van der Waals surface area contributed by atoms with Crippen molar-refractivity contribution in [3.8, 4) is 11.3 Å². The fourth-order valence-corrected chi connectivity index (χ4v) is 3.07. The molecule has 152 valence electrons. The molecule has 0 saturated carbocycles. The molecule has 0 spiro atoms. The number of aromatic nitrogens is 2. The third kappa shape index (κ3) is 5.14. The zero-order valence-electron chi connectivity index (χ0n) is 14.6. The van der Waals surface area contributed by atoms with E-state index in [1.54, 1.807) is 6.07 Å². The normalized spacial score (nSPS) is 12.7. The van der Waals surface area contributed by atoms with Crippen LogP contribution in [0.1, 0.15) is 17.2 Å². The van der Waals surface area contributed by atoms with E-state index in [1.165, 1.54) is 36.7 Å². The molecule has 10 heteroatoms. The lowest BCUT2D eigenvalue weighted by Gasteiger charge is -2.15. The Morgan fingerprint density at radius 2 is 1.76 bits per heavy atom. The summed E-state index contributed by atoms with van der Waals surface area (Å²) >= 11 is 11.5. The van der Waals surface area contributed by atoms with E-state index in [4.69, 9.17) is 28.9 Å². The number of alkyl halides is 3. The molecule has 3 aromatic rings. The van der Waals surface area contributed by atoms with Gasteiger partial charge in [0.1, 0.15) is 18.0 Å². The van der Waals surface area contributed by atoms with Crippen molar-refractivity contribution in [2.75, 3.05) is 11.9 Å². The standard InChI is InChI=1S/C19H14Cl2F4N4/c20-13-6-11(1-3-12(13)19(23,24)25)17-7-18(29-9-28-17)27-8-16(26)10-2-4-15(22)14(21)5-10/h1-7,9,16H,8,26H2,(H,27,28,29). The third-order valence-electron chi connectivity index (χ3n) is 4.11. The first kappa shape index (κ1) is 21.3. The fourth-order valence-electron chi connectivity index (χ4n) is 2.59.